The van der Waals surface area contributed by atoms with Gasteiger partial charge >= 0.3 is 0 Å². The molecule has 0 heterocycles. The molecular weight excluding hydrogens is 224 g/mol. The van der Waals surface area contributed by atoms with E-state index in [9.17, 15) is 4.79 Å². The van der Waals surface area contributed by atoms with Crippen molar-refractivity contribution < 1.29 is 4.79 Å². The van der Waals surface area contributed by atoms with Crippen molar-refractivity contribution in [2.45, 2.75) is 38.6 Å². The molecule has 18 heavy (non-hydrogen) atoms. The summed E-state index contributed by atoms with van der Waals surface area (Å²) < 4.78 is 0. The Morgan fingerprint density at radius 3 is 2.22 bits per heavy atom. The Labute approximate surface area is 110 Å². The molecule has 0 saturated carbocycles. The van der Waals surface area contributed by atoms with Crippen LogP contribution in [-0.2, 0) is 4.79 Å². The molecule has 0 aromatic heterocycles. The van der Waals surface area contributed by atoms with Crippen molar-refractivity contribution in [1.82, 2.24) is 4.90 Å². The summed E-state index contributed by atoms with van der Waals surface area (Å²) >= 11 is 0. The largest absolute Gasteiger partial charge is 0.342 e. The van der Waals surface area contributed by atoms with Gasteiger partial charge in [-0.05, 0) is 18.4 Å². The van der Waals surface area contributed by atoms with Gasteiger partial charge in [0.1, 0.15) is 0 Å². The molecule has 2 N–H and O–H groups in total. The first-order chi connectivity index (χ1) is 8.65. The van der Waals surface area contributed by atoms with Crippen molar-refractivity contribution in [1.29, 1.82) is 0 Å². The third-order valence-electron chi connectivity index (χ3n) is 3.57. The number of hydrogen-bond acceptors (Lipinski definition) is 2. The molecule has 3 heteroatoms. The second kappa shape index (κ2) is 7.17. The average Bonchev–Trinajstić information content (AvgIpc) is 2.42. The van der Waals surface area contributed by atoms with Crippen LogP contribution in [0.25, 0.3) is 0 Å². The lowest BCUT2D eigenvalue weighted by Crippen LogP contribution is -2.41. The van der Waals surface area contributed by atoms with Gasteiger partial charge in [-0.1, -0.05) is 44.2 Å². The minimum atomic E-state index is -0.225. The molecule has 100 valence electrons. The summed E-state index contributed by atoms with van der Waals surface area (Å²) in [6.07, 6.45) is 1.95. The first kappa shape index (κ1) is 14.7. The van der Waals surface area contributed by atoms with Crippen LogP contribution in [0, 0.1) is 0 Å². The number of nitrogens with two attached hydrogens (primary N) is 1. The number of carbonyl (C=O) groups is 1. The van der Waals surface area contributed by atoms with Crippen molar-refractivity contribution in [3.05, 3.63) is 35.9 Å². The molecule has 3 nitrogen and oxygen atoms in total. The number of rotatable bonds is 6. The normalized spacial score (nSPS) is 12.5. The van der Waals surface area contributed by atoms with E-state index in [0.29, 0.717) is 12.6 Å². The standard InChI is InChI=1S/C15H24N2O/c1-4-13(5-2)17(3)15(18)14(11-16)12-9-7-6-8-10-12/h6-10,13-14H,4-5,11,16H2,1-3H3. The number of nitrogens with zero attached hydrogens (tertiary/aromatic N) is 1. The third-order valence-corrected chi connectivity index (χ3v) is 3.57. The van der Waals surface area contributed by atoms with Crippen molar-refractivity contribution in [2.24, 2.45) is 5.73 Å². The van der Waals surface area contributed by atoms with E-state index in [1.54, 1.807) is 0 Å². The quantitative estimate of drug-likeness (QED) is 0.840. The van der Waals surface area contributed by atoms with Crippen molar-refractivity contribution in [3.8, 4) is 0 Å². The van der Waals surface area contributed by atoms with Gasteiger partial charge in [-0.3, -0.25) is 4.79 Å². The summed E-state index contributed by atoms with van der Waals surface area (Å²) in [4.78, 5) is 14.3. The number of amides is 1. The van der Waals surface area contributed by atoms with E-state index in [-0.39, 0.29) is 11.8 Å². The zero-order chi connectivity index (χ0) is 13.5. The summed E-state index contributed by atoms with van der Waals surface area (Å²) in [6.45, 7) is 4.57. The number of hydrogen-bond donors (Lipinski definition) is 1. The monoisotopic (exact) mass is 248 g/mol. The second-order valence-corrected chi connectivity index (χ2v) is 4.62. The minimum absolute atomic E-state index is 0.123. The Morgan fingerprint density at radius 2 is 1.78 bits per heavy atom. The maximum absolute atomic E-state index is 12.5. The van der Waals surface area contributed by atoms with Crippen LogP contribution in [0.5, 0.6) is 0 Å². The van der Waals surface area contributed by atoms with Crippen LogP contribution in [0.15, 0.2) is 30.3 Å². The molecule has 1 unspecified atom stereocenters. The van der Waals surface area contributed by atoms with E-state index in [4.69, 9.17) is 5.73 Å². The zero-order valence-electron chi connectivity index (χ0n) is 11.6. The SMILES string of the molecule is CCC(CC)N(C)C(=O)C(CN)c1ccccc1. The van der Waals surface area contributed by atoms with E-state index in [1.165, 1.54) is 0 Å². The molecule has 1 amide bonds. The Bertz CT molecular complexity index is 360. The van der Waals surface area contributed by atoms with Crippen LogP contribution >= 0.6 is 0 Å². The summed E-state index contributed by atoms with van der Waals surface area (Å²) in [5, 5.41) is 0. The van der Waals surface area contributed by atoms with E-state index in [2.05, 4.69) is 13.8 Å². The predicted octanol–water partition coefficient (Wildman–Crippen LogP) is 2.38. The molecular formula is C15H24N2O. The number of likely N-dealkylation sites (N-methyl/N-ethyl adjacent to an activating group) is 1. The van der Waals surface area contributed by atoms with Crippen LogP contribution in [0.1, 0.15) is 38.2 Å². The maximum atomic E-state index is 12.5. The van der Waals surface area contributed by atoms with Crippen molar-refractivity contribution in [2.75, 3.05) is 13.6 Å². The Balaban J connectivity index is 2.86. The highest BCUT2D eigenvalue weighted by molar-refractivity contribution is 5.84. The molecule has 0 bridgehead atoms. The molecule has 0 aliphatic carbocycles. The van der Waals surface area contributed by atoms with Gasteiger partial charge in [0, 0.05) is 19.6 Å². The highest BCUT2D eigenvalue weighted by Crippen LogP contribution is 2.19. The average molecular weight is 248 g/mol. The van der Waals surface area contributed by atoms with E-state index in [1.807, 2.05) is 42.3 Å². The fourth-order valence-electron chi connectivity index (χ4n) is 2.33. The summed E-state index contributed by atoms with van der Waals surface area (Å²) in [5.74, 6) is -0.103. The topological polar surface area (TPSA) is 46.3 Å². The van der Waals surface area contributed by atoms with Gasteiger partial charge < -0.3 is 10.6 Å². The van der Waals surface area contributed by atoms with Gasteiger partial charge in [-0.15, -0.1) is 0 Å². The molecule has 0 saturated heterocycles. The molecule has 0 spiro atoms. The lowest BCUT2D eigenvalue weighted by Gasteiger charge is -2.30. The van der Waals surface area contributed by atoms with Gasteiger partial charge in [0.2, 0.25) is 5.91 Å². The lowest BCUT2D eigenvalue weighted by molar-refractivity contribution is -0.133. The minimum Gasteiger partial charge on any atom is -0.342 e. The smallest absolute Gasteiger partial charge is 0.231 e. The Morgan fingerprint density at radius 1 is 1.22 bits per heavy atom. The predicted molar refractivity (Wildman–Crippen MR) is 75.4 cm³/mol. The lowest BCUT2D eigenvalue weighted by atomic mass is 9.96. The van der Waals surface area contributed by atoms with E-state index >= 15 is 0 Å². The molecule has 1 rings (SSSR count). The van der Waals surface area contributed by atoms with Gasteiger partial charge in [0.05, 0.1) is 5.92 Å². The Kier molecular flexibility index (Phi) is 5.86. The van der Waals surface area contributed by atoms with Crippen molar-refractivity contribution in [3.63, 3.8) is 0 Å². The molecule has 1 aromatic carbocycles. The maximum Gasteiger partial charge on any atom is 0.231 e. The molecule has 1 atom stereocenters. The van der Waals surface area contributed by atoms with Crippen LogP contribution in [0.4, 0.5) is 0 Å². The molecule has 0 aliphatic rings. The molecule has 0 aliphatic heterocycles. The first-order valence-corrected chi connectivity index (χ1v) is 6.67. The molecule has 0 radical (unpaired) electrons. The zero-order valence-corrected chi connectivity index (χ0v) is 11.6. The van der Waals surface area contributed by atoms with Gasteiger partial charge in [-0.25, -0.2) is 0 Å². The van der Waals surface area contributed by atoms with Crippen LogP contribution < -0.4 is 5.73 Å². The number of benzene rings is 1. The highest BCUT2D eigenvalue weighted by atomic mass is 16.2. The van der Waals surface area contributed by atoms with Crippen molar-refractivity contribution >= 4 is 5.91 Å². The number of carbonyl (C=O) groups excluding carboxylic acids is 1. The van der Waals surface area contributed by atoms with E-state index < -0.39 is 0 Å². The summed E-state index contributed by atoms with van der Waals surface area (Å²) in [6, 6.07) is 10.1. The fraction of sp³-hybridized carbons (Fsp3) is 0.533. The third kappa shape index (κ3) is 3.33. The van der Waals surface area contributed by atoms with Crippen LogP contribution in [0.2, 0.25) is 0 Å². The fourth-order valence-corrected chi connectivity index (χ4v) is 2.33. The molecule has 1 aromatic rings. The second-order valence-electron chi connectivity index (χ2n) is 4.62. The van der Waals surface area contributed by atoms with Crippen LogP contribution in [0.3, 0.4) is 0 Å². The van der Waals surface area contributed by atoms with Gasteiger partial charge in [0.15, 0.2) is 0 Å². The summed E-state index contributed by atoms with van der Waals surface area (Å²) in [5.41, 5.74) is 6.78. The van der Waals surface area contributed by atoms with E-state index in [0.717, 1.165) is 18.4 Å². The summed E-state index contributed by atoms with van der Waals surface area (Å²) in [7, 11) is 1.88. The molecule has 0 fully saturated rings. The van der Waals surface area contributed by atoms with Crippen LogP contribution in [-0.4, -0.2) is 30.4 Å². The highest BCUT2D eigenvalue weighted by Gasteiger charge is 2.25. The first-order valence-electron chi connectivity index (χ1n) is 6.67. The van der Waals surface area contributed by atoms with Gasteiger partial charge in [0.25, 0.3) is 0 Å². The van der Waals surface area contributed by atoms with Gasteiger partial charge in [-0.2, -0.15) is 0 Å². The Hall–Kier alpha value is -1.35.